The Kier molecular flexibility index (Phi) is 167. The van der Waals surface area contributed by atoms with Gasteiger partial charge in [-0.05, 0) is 51.4 Å². The molecule has 120 heavy (non-hydrogen) atoms. The second kappa shape index (κ2) is 122. The van der Waals surface area contributed by atoms with Crippen molar-refractivity contribution in [2.75, 3.05) is 46.0 Å². The molecule has 24 nitrogen and oxygen atoms in total. The van der Waals surface area contributed by atoms with Crippen molar-refractivity contribution in [3.8, 4) is 0 Å². The van der Waals surface area contributed by atoms with Crippen LogP contribution in [0.2, 0.25) is 0 Å². The quantitative estimate of drug-likeness (QED) is 0.0342. The van der Waals surface area contributed by atoms with E-state index in [1.807, 2.05) is 0 Å². The Morgan fingerprint density at radius 1 is 0.108 bits per heavy atom. The monoisotopic (exact) mass is 1950 g/mol. The summed E-state index contributed by atoms with van der Waals surface area (Å²) in [7, 11) is -31.8. The van der Waals surface area contributed by atoms with E-state index in [2.05, 4.69) is 55.4 Å². The zero-order chi connectivity index (χ0) is 86.9. The number of unbranched alkanes of at least 4 members (excludes halogenated alkanes) is 56. The second-order valence-electron chi connectivity index (χ2n) is 29.9. The largest absolute Gasteiger partial charge is 1.00 e. The Labute approximate surface area is 919 Å². The van der Waals surface area contributed by atoms with Gasteiger partial charge in [0.25, 0.3) is 0 Å². The van der Waals surface area contributed by atoms with Crippen LogP contribution in [0.15, 0.2) is 0 Å². The third-order valence-corrected chi connectivity index (χ3v) is 24.3. The molecule has 0 amide bonds. The molecule has 688 valence electrons. The van der Waals surface area contributed by atoms with Crippen LogP contribution in [0.3, 0.4) is 0 Å². The van der Waals surface area contributed by atoms with Crippen LogP contribution < -0.4 is 236 Å². The third-order valence-electron chi connectivity index (χ3n) is 18.0. The van der Waals surface area contributed by atoms with Crippen molar-refractivity contribution in [2.24, 2.45) is 0 Å². The number of hydrogen-bond acceptors (Lipinski definition) is 24. The second-order valence-corrected chi connectivity index (χ2v) is 42.1. The molecule has 0 fully saturated rings. The summed E-state index contributed by atoms with van der Waals surface area (Å²) < 4.78 is 246. The maximum absolute atomic E-state index is 10.2. The molecule has 0 radical (unpaired) electrons. The summed E-state index contributed by atoms with van der Waals surface area (Å²) in [6, 6.07) is 0. The molecule has 0 heterocycles. The molecule has 0 spiro atoms. The van der Waals surface area contributed by atoms with Crippen LogP contribution >= 0.6 is 0 Å². The van der Waals surface area contributed by atoms with Crippen molar-refractivity contribution in [2.45, 2.75) is 466 Å². The van der Waals surface area contributed by atoms with Gasteiger partial charge in [0.15, 0.2) is 0 Å². The molecule has 0 atom stereocenters. The first-order valence-corrected chi connectivity index (χ1v) is 56.6. The van der Waals surface area contributed by atoms with E-state index in [1.165, 1.54) is 257 Å². The molecule has 0 saturated heterocycles. The molecule has 0 aromatic carbocycles. The van der Waals surface area contributed by atoms with Gasteiger partial charge in [-0.25, -0.2) is 67.3 Å². The SMILES string of the molecule is CCCCCCCCCCS(=O)(=O)[O-].CCCCCCCCCCS(=O)(=O)[O-].CCCCCCCCCCS(=O)(=O)[O-].CCCCCCCCCCS(=O)(=O)[O-].CCCCCCCCCCS(=O)(=O)[O-].CCCCCCCCCCS(=O)(=O)[O-].CCCCCCCCCCS(=O)(=O)[O-].CCCCCCCCCCS(=O)(=O)[O-].[Na+].[Na+].[Na+].[Na+].[Na+].[Na+].[Na+].[Na+]. The molecule has 40 heteroatoms. The molecule has 0 bridgehead atoms. The zero-order valence-electron chi connectivity index (χ0n) is 80.0. The predicted molar refractivity (Wildman–Crippen MR) is 457 cm³/mol. The van der Waals surface area contributed by atoms with Crippen molar-refractivity contribution in [1.29, 1.82) is 0 Å². The van der Waals surface area contributed by atoms with Crippen LogP contribution in [0, 0.1) is 0 Å². The van der Waals surface area contributed by atoms with Gasteiger partial charge in [0.2, 0.25) is 0 Å². The van der Waals surface area contributed by atoms with Crippen molar-refractivity contribution in [3.63, 3.8) is 0 Å². The van der Waals surface area contributed by atoms with Crippen LogP contribution in [-0.4, -0.2) is 150 Å². The Hall–Kier alpha value is 7.28. The van der Waals surface area contributed by atoms with Crippen LogP contribution in [0.25, 0.3) is 0 Å². The average molecular weight is 1950 g/mol. The first-order chi connectivity index (χ1) is 52.5. The standard InChI is InChI=1S/8C10H22O3S.8Na/c8*1-2-3-4-5-6-7-8-9-10-14(11,12)13;;;;;;;;/h8*2-10H2,1H3,(H,11,12,13);;;;;;;;/q;;;;;;;;8*+1/p-8. The predicted octanol–water partition coefficient (Wildman–Crippen LogP) is -2.59. The van der Waals surface area contributed by atoms with Crippen molar-refractivity contribution in [1.82, 2.24) is 0 Å². The van der Waals surface area contributed by atoms with Gasteiger partial charge in [0.05, 0.1) is 80.9 Å². The Morgan fingerprint density at radius 2 is 0.158 bits per heavy atom. The fourth-order valence-electron chi connectivity index (χ4n) is 11.3. The normalized spacial score (nSPS) is 11.1. The van der Waals surface area contributed by atoms with E-state index in [9.17, 15) is 104 Å². The number of rotatable bonds is 72. The summed E-state index contributed by atoms with van der Waals surface area (Å²) in [6.07, 6.45) is 69.2. The van der Waals surface area contributed by atoms with E-state index < -0.39 is 80.9 Å². The van der Waals surface area contributed by atoms with Gasteiger partial charge in [-0.1, -0.05) is 415 Å². The van der Waals surface area contributed by atoms with Gasteiger partial charge in [-0.2, -0.15) is 0 Å². The Bertz CT molecular complexity index is 2290. The van der Waals surface area contributed by atoms with Crippen LogP contribution in [0.4, 0.5) is 0 Å². The zero-order valence-corrected chi connectivity index (χ0v) is 103. The smallest absolute Gasteiger partial charge is 0.748 e. The first-order valence-electron chi connectivity index (χ1n) is 44.0. The van der Waals surface area contributed by atoms with Gasteiger partial charge in [-0.3, -0.25) is 0 Å². The van der Waals surface area contributed by atoms with E-state index >= 15 is 0 Å². The Balaban J connectivity index is -0.0000000729. The summed E-state index contributed by atoms with van der Waals surface area (Å²) in [5, 5.41) is 0. The van der Waals surface area contributed by atoms with Crippen molar-refractivity contribution in [3.05, 3.63) is 0 Å². The molecule has 0 aliphatic carbocycles. The summed E-state index contributed by atoms with van der Waals surface area (Å²) in [4.78, 5) is 0. The van der Waals surface area contributed by atoms with Crippen LogP contribution in [0.5, 0.6) is 0 Å². The molecule has 0 saturated carbocycles. The molecule has 0 aliphatic heterocycles. The minimum absolute atomic E-state index is 0. The molecule has 0 N–H and O–H groups in total. The van der Waals surface area contributed by atoms with Gasteiger partial charge in [0.1, 0.15) is 0 Å². The van der Waals surface area contributed by atoms with E-state index in [1.54, 1.807) is 0 Å². The molecular formula is C80H168Na8O24S8. The molecule has 0 aromatic rings. The summed E-state index contributed by atoms with van der Waals surface area (Å²) >= 11 is 0. The molecular weight excluding hydrogens is 1790 g/mol. The van der Waals surface area contributed by atoms with Crippen molar-refractivity contribution < 1.29 is 340 Å². The first kappa shape index (κ1) is 164. The van der Waals surface area contributed by atoms with E-state index in [4.69, 9.17) is 0 Å². The maximum atomic E-state index is 10.2. The number of hydrogen-bond donors (Lipinski definition) is 0. The van der Waals surface area contributed by atoms with E-state index in [-0.39, 0.29) is 282 Å². The van der Waals surface area contributed by atoms with Crippen LogP contribution in [-0.2, 0) is 80.9 Å². The summed E-state index contributed by atoms with van der Waals surface area (Å²) in [5.41, 5.74) is 0. The fourth-order valence-corrected chi connectivity index (χ4v) is 15.8. The molecule has 0 unspecified atom stereocenters. The fraction of sp³-hybridized carbons (Fsp3) is 1.00. The topological polar surface area (TPSA) is 458 Å². The minimum Gasteiger partial charge on any atom is -0.748 e. The third kappa shape index (κ3) is 213. The van der Waals surface area contributed by atoms with Gasteiger partial charge in [-0.15, -0.1) is 0 Å². The summed E-state index contributed by atoms with van der Waals surface area (Å²) in [6.45, 7) is 17.4. The van der Waals surface area contributed by atoms with Crippen molar-refractivity contribution >= 4 is 80.9 Å². The average Bonchev–Trinajstić information content (AvgIpc) is 1.04. The minimum atomic E-state index is -3.98. The molecule has 0 aromatic heterocycles. The van der Waals surface area contributed by atoms with E-state index in [0.717, 1.165) is 103 Å². The Morgan fingerprint density at radius 3 is 0.208 bits per heavy atom. The maximum Gasteiger partial charge on any atom is 1.00 e. The van der Waals surface area contributed by atoms with Crippen LogP contribution in [0.1, 0.15) is 466 Å². The van der Waals surface area contributed by atoms with E-state index in [0.29, 0.717) is 51.4 Å². The summed E-state index contributed by atoms with van der Waals surface area (Å²) in [5.74, 6) is -1.54. The molecule has 0 aliphatic rings. The van der Waals surface area contributed by atoms with Gasteiger partial charge >= 0.3 is 236 Å². The molecule has 0 rings (SSSR count). The van der Waals surface area contributed by atoms with Gasteiger partial charge < -0.3 is 36.4 Å². The van der Waals surface area contributed by atoms with Gasteiger partial charge in [0, 0.05) is 46.0 Å².